The zero-order valence-corrected chi connectivity index (χ0v) is 7.16. The molecule has 0 fully saturated rings. The van der Waals surface area contributed by atoms with Gasteiger partial charge in [0.1, 0.15) is 0 Å². The van der Waals surface area contributed by atoms with E-state index < -0.39 is 0 Å². The normalized spacial score (nSPS) is 23.8. The Hall–Kier alpha value is -0.380. The molecule has 1 atom stereocenters. The molecule has 0 saturated carbocycles. The van der Waals surface area contributed by atoms with Crippen molar-refractivity contribution in [1.82, 2.24) is 0 Å². The molecule has 12 heavy (non-hydrogen) atoms. The third-order valence-corrected chi connectivity index (χ3v) is 2.58. The second-order valence-corrected chi connectivity index (χ2v) is 3.19. The molecule has 3 nitrogen and oxygen atoms in total. The second-order valence-electron chi connectivity index (χ2n) is 3.19. The minimum atomic E-state index is 0.0283. The quantitative estimate of drug-likeness (QED) is 0.525. The first-order valence-corrected chi connectivity index (χ1v) is 4.36. The van der Waals surface area contributed by atoms with Gasteiger partial charge >= 0.3 is 0 Å². The molecule has 0 radical (unpaired) electrons. The van der Waals surface area contributed by atoms with Crippen molar-refractivity contribution in [1.29, 1.82) is 0 Å². The Morgan fingerprint density at radius 3 is 2.42 bits per heavy atom. The van der Waals surface area contributed by atoms with Crippen molar-refractivity contribution < 1.29 is 15.3 Å². The van der Waals surface area contributed by atoms with Crippen molar-refractivity contribution in [3.8, 4) is 0 Å². The summed E-state index contributed by atoms with van der Waals surface area (Å²) >= 11 is 0. The summed E-state index contributed by atoms with van der Waals surface area (Å²) in [5.74, 6) is 0.294. The van der Waals surface area contributed by atoms with Gasteiger partial charge in [-0.3, -0.25) is 0 Å². The van der Waals surface area contributed by atoms with Crippen LogP contribution in [0, 0.1) is 5.92 Å². The van der Waals surface area contributed by atoms with Crippen LogP contribution in [0.15, 0.2) is 11.1 Å². The minimum Gasteiger partial charge on any atom is -0.396 e. The van der Waals surface area contributed by atoms with Crippen molar-refractivity contribution in [2.24, 2.45) is 5.92 Å². The van der Waals surface area contributed by atoms with Gasteiger partial charge < -0.3 is 15.3 Å². The van der Waals surface area contributed by atoms with Gasteiger partial charge in [0.2, 0.25) is 0 Å². The Labute approximate surface area is 72.3 Å². The van der Waals surface area contributed by atoms with Crippen LogP contribution in [0.2, 0.25) is 0 Å². The predicted molar refractivity (Wildman–Crippen MR) is 45.6 cm³/mol. The summed E-state index contributed by atoms with van der Waals surface area (Å²) in [5, 5.41) is 26.7. The second kappa shape index (κ2) is 4.60. The molecule has 0 aliphatic heterocycles. The summed E-state index contributed by atoms with van der Waals surface area (Å²) in [4.78, 5) is 0. The van der Waals surface area contributed by atoms with Gasteiger partial charge in [-0.1, -0.05) is 0 Å². The van der Waals surface area contributed by atoms with E-state index >= 15 is 0 Å². The minimum absolute atomic E-state index is 0.0283. The van der Waals surface area contributed by atoms with Crippen LogP contribution < -0.4 is 0 Å². The van der Waals surface area contributed by atoms with Gasteiger partial charge in [0, 0.05) is 6.61 Å². The van der Waals surface area contributed by atoms with E-state index in [2.05, 4.69) is 0 Å². The molecule has 0 saturated heterocycles. The maximum atomic E-state index is 9.01. The Bertz CT molecular complexity index is 175. The predicted octanol–water partition coefficient (Wildman–Crippen LogP) is 0.0600. The highest BCUT2D eigenvalue weighted by atomic mass is 16.3. The SMILES string of the molecule is OCCC1CCC(CO)=C1CO. The van der Waals surface area contributed by atoms with E-state index in [1.54, 1.807) is 0 Å². The van der Waals surface area contributed by atoms with E-state index in [9.17, 15) is 0 Å². The van der Waals surface area contributed by atoms with E-state index in [1.807, 2.05) is 0 Å². The van der Waals surface area contributed by atoms with Gasteiger partial charge in [0.25, 0.3) is 0 Å². The van der Waals surface area contributed by atoms with Gasteiger partial charge in [-0.15, -0.1) is 0 Å². The molecule has 1 aliphatic carbocycles. The molecule has 1 aliphatic rings. The highest BCUT2D eigenvalue weighted by Gasteiger charge is 2.23. The number of rotatable bonds is 4. The van der Waals surface area contributed by atoms with Crippen LogP contribution in [0.3, 0.4) is 0 Å². The summed E-state index contributed by atoms with van der Waals surface area (Å²) in [6.45, 7) is 0.241. The highest BCUT2D eigenvalue weighted by molar-refractivity contribution is 5.23. The van der Waals surface area contributed by atoms with E-state index in [1.165, 1.54) is 0 Å². The van der Waals surface area contributed by atoms with Crippen LogP contribution in [0.25, 0.3) is 0 Å². The lowest BCUT2D eigenvalue weighted by atomic mass is 9.98. The van der Waals surface area contributed by atoms with E-state index in [-0.39, 0.29) is 19.8 Å². The third-order valence-electron chi connectivity index (χ3n) is 2.58. The molecular formula is C9H16O3. The first-order chi connectivity index (χ1) is 5.83. The zero-order chi connectivity index (χ0) is 8.97. The molecule has 1 rings (SSSR count). The topological polar surface area (TPSA) is 60.7 Å². The number of aliphatic hydroxyl groups excluding tert-OH is 3. The Morgan fingerprint density at radius 2 is 1.92 bits per heavy atom. The molecular weight excluding hydrogens is 156 g/mol. The van der Waals surface area contributed by atoms with Crippen LogP contribution in [-0.4, -0.2) is 35.1 Å². The summed E-state index contributed by atoms with van der Waals surface area (Å²) in [6.07, 6.45) is 2.54. The first-order valence-electron chi connectivity index (χ1n) is 4.36. The summed E-state index contributed by atoms with van der Waals surface area (Å²) in [7, 11) is 0. The van der Waals surface area contributed by atoms with Crippen LogP contribution in [-0.2, 0) is 0 Å². The van der Waals surface area contributed by atoms with E-state index in [0.717, 1.165) is 24.0 Å². The van der Waals surface area contributed by atoms with Gasteiger partial charge in [-0.2, -0.15) is 0 Å². The zero-order valence-electron chi connectivity index (χ0n) is 7.16. The summed E-state index contributed by atoms with van der Waals surface area (Å²) in [5.41, 5.74) is 1.92. The number of hydrogen-bond acceptors (Lipinski definition) is 3. The lowest BCUT2D eigenvalue weighted by Crippen LogP contribution is -2.06. The molecule has 70 valence electrons. The van der Waals surface area contributed by atoms with Crippen molar-refractivity contribution in [2.45, 2.75) is 19.3 Å². The third kappa shape index (κ3) is 1.86. The van der Waals surface area contributed by atoms with Gasteiger partial charge in [-0.25, -0.2) is 0 Å². The maximum absolute atomic E-state index is 9.01. The Morgan fingerprint density at radius 1 is 1.17 bits per heavy atom. The molecule has 0 heterocycles. The molecule has 0 aromatic carbocycles. The van der Waals surface area contributed by atoms with Gasteiger partial charge in [0.05, 0.1) is 13.2 Å². The fraction of sp³-hybridized carbons (Fsp3) is 0.778. The summed E-state index contributed by atoms with van der Waals surface area (Å²) in [6, 6.07) is 0. The molecule has 0 aromatic rings. The molecule has 3 heteroatoms. The van der Waals surface area contributed by atoms with Crippen LogP contribution in [0.1, 0.15) is 19.3 Å². The lowest BCUT2D eigenvalue weighted by molar-refractivity contribution is 0.254. The average Bonchev–Trinajstić information content (AvgIpc) is 2.47. The lowest BCUT2D eigenvalue weighted by Gasteiger charge is -2.11. The monoisotopic (exact) mass is 172 g/mol. The molecule has 3 N–H and O–H groups in total. The van der Waals surface area contributed by atoms with Crippen molar-refractivity contribution in [2.75, 3.05) is 19.8 Å². The van der Waals surface area contributed by atoms with E-state index in [0.29, 0.717) is 12.3 Å². The fourth-order valence-electron chi connectivity index (χ4n) is 1.87. The first kappa shape index (κ1) is 9.71. The average molecular weight is 172 g/mol. The van der Waals surface area contributed by atoms with E-state index in [4.69, 9.17) is 15.3 Å². The largest absolute Gasteiger partial charge is 0.396 e. The molecule has 1 unspecified atom stereocenters. The molecule has 0 bridgehead atoms. The number of hydrogen-bond donors (Lipinski definition) is 3. The highest BCUT2D eigenvalue weighted by Crippen LogP contribution is 2.33. The maximum Gasteiger partial charge on any atom is 0.0647 e. The smallest absolute Gasteiger partial charge is 0.0647 e. The Balaban J connectivity index is 2.62. The molecule has 0 amide bonds. The van der Waals surface area contributed by atoms with Crippen molar-refractivity contribution in [3.05, 3.63) is 11.1 Å². The van der Waals surface area contributed by atoms with Crippen molar-refractivity contribution in [3.63, 3.8) is 0 Å². The van der Waals surface area contributed by atoms with Gasteiger partial charge in [-0.05, 0) is 36.3 Å². The van der Waals surface area contributed by atoms with Crippen LogP contribution >= 0.6 is 0 Å². The molecule has 0 aromatic heterocycles. The molecule has 0 spiro atoms. The summed E-state index contributed by atoms with van der Waals surface area (Å²) < 4.78 is 0. The van der Waals surface area contributed by atoms with Crippen LogP contribution in [0.4, 0.5) is 0 Å². The van der Waals surface area contributed by atoms with Crippen LogP contribution in [0.5, 0.6) is 0 Å². The fourth-order valence-corrected chi connectivity index (χ4v) is 1.87. The van der Waals surface area contributed by atoms with Gasteiger partial charge in [0.15, 0.2) is 0 Å². The van der Waals surface area contributed by atoms with Crippen molar-refractivity contribution >= 4 is 0 Å². The Kier molecular flexibility index (Phi) is 3.72. The number of aliphatic hydroxyl groups is 3. The standard InChI is InChI=1S/C9H16O3/c10-4-3-7-1-2-8(5-11)9(7)6-12/h7,10-12H,1-6H2.